The lowest BCUT2D eigenvalue weighted by atomic mass is 10.1. The topological polar surface area (TPSA) is 50.9 Å². The molecule has 1 N–H and O–H groups in total. The molecule has 0 saturated carbocycles. The summed E-state index contributed by atoms with van der Waals surface area (Å²) in [6, 6.07) is 4.08. The van der Waals surface area contributed by atoms with Crippen LogP contribution in [0.15, 0.2) is 24.4 Å². The molecule has 2 rings (SSSR count). The highest BCUT2D eigenvalue weighted by molar-refractivity contribution is 6.30. The van der Waals surface area contributed by atoms with Crippen LogP contribution in [-0.4, -0.2) is 20.1 Å². The maximum atomic E-state index is 13.7. The van der Waals surface area contributed by atoms with Gasteiger partial charge in [-0.2, -0.15) is 0 Å². The molecule has 0 amide bonds. The summed E-state index contributed by atoms with van der Waals surface area (Å²) in [5, 5.41) is 18.2. The summed E-state index contributed by atoms with van der Waals surface area (Å²) < 4.78 is 15.2. The van der Waals surface area contributed by atoms with Gasteiger partial charge in [-0.25, -0.2) is 9.07 Å². The molecule has 1 atom stereocenters. The standard InChI is InChI=1S/C12H13ClFN3O/c1-2-5-17-11(7-15-16-17)12(18)9-6-8(13)3-4-10(9)14/h3-4,6-7,12,18H,2,5H2,1H3. The number of aryl methyl sites for hydroxylation is 1. The molecule has 1 heterocycles. The van der Waals surface area contributed by atoms with Crippen LogP contribution in [0.1, 0.15) is 30.7 Å². The van der Waals surface area contributed by atoms with E-state index in [0.29, 0.717) is 17.3 Å². The lowest BCUT2D eigenvalue weighted by molar-refractivity contribution is 0.202. The van der Waals surface area contributed by atoms with E-state index in [0.717, 1.165) is 6.42 Å². The predicted octanol–water partition coefficient (Wildman–Crippen LogP) is 2.56. The van der Waals surface area contributed by atoms with E-state index in [4.69, 9.17) is 11.6 Å². The Hall–Kier alpha value is -1.46. The number of aromatic nitrogens is 3. The van der Waals surface area contributed by atoms with Gasteiger partial charge in [-0.05, 0) is 24.6 Å². The first kappa shape index (κ1) is 13.0. The fourth-order valence-electron chi connectivity index (χ4n) is 1.75. The lowest BCUT2D eigenvalue weighted by Crippen LogP contribution is -2.11. The van der Waals surface area contributed by atoms with Gasteiger partial charge in [0.1, 0.15) is 11.9 Å². The first-order valence-electron chi connectivity index (χ1n) is 5.65. The Kier molecular flexibility index (Phi) is 3.93. The van der Waals surface area contributed by atoms with Gasteiger partial charge in [0.15, 0.2) is 0 Å². The van der Waals surface area contributed by atoms with E-state index in [1.165, 1.54) is 24.4 Å². The van der Waals surface area contributed by atoms with Gasteiger partial charge in [-0.1, -0.05) is 23.7 Å². The molecule has 6 heteroatoms. The van der Waals surface area contributed by atoms with Crippen molar-refractivity contribution in [2.24, 2.45) is 0 Å². The van der Waals surface area contributed by atoms with E-state index in [2.05, 4.69) is 10.3 Å². The van der Waals surface area contributed by atoms with Crippen LogP contribution < -0.4 is 0 Å². The quantitative estimate of drug-likeness (QED) is 0.928. The number of hydrogen-bond acceptors (Lipinski definition) is 3. The summed E-state index contributed by atoms with van der Waals surface area (Å²) in [7, 11) is 0. The second-order valence-corrected chi connectivity index (χ2v) is 4.39. The number of aliphatic hydroxyl groups excluding tert-OH is 1. The number of halogens is 2. The minimum atomic E-state index is -1.12. The van der Waals surface area contributed by atoms with E-state index >= 15 is 0 Å². The maximum absolute atomic E-state index is 13.7. The maximum Gasteiger partial charge on any atom is 0.129 e. The van der Waals surface area contributed by atoms with Crippen LogP contribution in [0.25, 0.3) is 0 Å². The third kappa shape index (κ3) is 2.52. The fraction of sp³-hybridized carbons (Fsp3) is 0.333. The molecule has 1 aromatic heterocycles. The summed E-state index contributed by atoms with van der Waals surface area (Å²) >= 11 is 5.81. The molecule has 0 aliphatic rings. The third-order valence-corrected chi connectivity index (χ3v) is 2.85. The van der Waals surface area contributed by atoms with E-state index < -0.39 is 11.9 Å². The highest BCUT2D eigenvalue weighted by atomic mass is 35.5. The summed E-state index contributed by atoms with van der Waals surface area (Å²) in [5.74, 6) is -0.504. The largest absolute Gasteiger partial charge is 0.382 e. The van der Waals surface area contributed by atoms with Gasteiger partial charge in [0.2, 0.25) is 0 Å². The fourth-order valence-corrected chi connectivity index (χ4v) is 1.93. The van der Waals surface area contributed by atoms with Crippen molar-refractivity contribution in [1.29, 1.82) is 0 Å². The summed E-state index contributed by atoms with van der Waals surface area (Å²) in [4.78, 5) is 0. The molecule has 96 valence electrons. The number of rotatable bonds is 4. The Bertz CT molecular complexity index is 544. The first-order chi connectivity index (χ1) is 8.63. The van der Waals surface area contributed by atoms with Gasteiger partial charge in [-0.15, -0.1) is 5.10 Å². The van der Waals surface area contributed by atoms with Crippen LogP contribution in [0.2, 0.25) is 5.02 Å². The van der Waals surface area contributed by atoms with Crippen LogP contribution in [0.5, 0.6) is 0 Å². The lowest BCUT2D eigenvalue weighted by Gasteiger charge is -2.13. The van der Waals surface area contributed by atoms with E-state index in [-0.39, 0.29) is 5.56 Å². The Morgan fingerprint density at radius 2 is 2.28 bits per heavy atom. The van der Waals surface area contributed by atoms with Crippen LogP contribution in [-0.2, 0) is 6.54 Å². The molecule has 0 aliphatic heterocycles. The summed E-state index contributed by atoms with van der Waals surface area (Å²) in [5.41, 5.74) is 0.583. The Labute approximate surface area is 109 Å². The molecule has 0 bridgehead atoms. The normalized spacial score (nSPS) is 12.7. The molecule has 1 aromatic carbocycles. The molecule has 18 heavy (non-hydrogen) atoms. The third-order valence-electron chi connectivity index (χ3n) is 2.62. The van der Waals surface area contributed by atoms with Crippen LogP contribution in [0.3, 0.4) is 0 Å². The van der Waals surface area contributed by atoms with Crippen LogP contribution in [0.4, 0.5) is 4.39 Å². The molecular formula is C12H13ClFN3O. The molecule has 0 radical (unpaired) electrons. The van der Waals surface area contributed by atoms with Gasteiger partial charge in [-0.3, -0.25) is 0 Å². The van der Waals surface area contributed by atoms with Crippen LogP contribution >= 0.6 is 11.6 Å². The van der Waals surface area contributed by atoms with Crippen LogP contribution in [0, 0.1) is 5.82 Å². The minimum absolute atomic E-state index is 0.127. The van der Waals surface area contributed by atoms with Crippen molar-refractivity contribution < 1.29 is 9.50 Å². The average molecular weight is 270 g/mol. The monoisotopic (exact) mass is 269 g/mol. The van der Waals surface area contributed by atoms with Crippen molar-refractivity contribution in [1.82, 2.24) is 15.0 Å². The molecular weight excluding hydrogens is 257 g/mol. The van der Waals surface area contributed by atoms with E-state index in [1.807, 2.05) is 6.92 Å². The summed E-state index contributed by atoms with van der Waals surface area (Å²) in [6.07, 6.45) is 1.16. The molecule has 0 saturated heterocycles. The van der Waals surface area contributed by atoms with Gasteiger partial charge >= 0.3 is 0 Å². The van der Waals surface area contributed by atoms with Gasteiger partial charge in [0, 0.05) is 17.1 Å². The van der Waals surface area contributed by atoms with Crippen molar-refractivity contribution in [2.45, 2.75) is 26.0 Å². The molecule has 0 spiro atoms. The van der Waals surface area contributed by atoms with Gasteiger partial charge in [0.05, 0.1) is 11.9 Å². The Morgan fingerprint density at radius 3 is 3.00 bits per heavy atom. The molecule has 2 aromatic rings. The molecule has 1 unspecified atom stereocenters. The zero-order valence-corrected chi connectivity index (χ0v) is 10.6. The number of aliphatic hydroxyl groups is 1. The highest BCUT2D eigenvalue weighted by Crippen LogP contribution is 2.26. The van der Waals surface area contributed by atoms with E-state index in [9.17, 15) is 9.50 Å². The average Bonchev–Trinajstić information content (AvgIpc) is 2.80. The minimum Gasteiger partial charge on any atom is -0.382 e. The second-order valence-electron chi connectivity index (χ2n) is 3.95. The zero-order chi connectivity index (χ0) is 13.1. The number of nitrogens with zero attached hydrogens (tertiary/aromatic N) is 3. The first-order valence-corrected chi connectivity index (χ1v) is 6.02. The smallest absolute Gasteiger partial charge is 0.129 e. The molecule has 4 nitrogen and oxygen atoms in total. The number of benzene rings is 1. The van der Waals surface area contributed by atoms with Crippen molar-refractivity contribution >= 4 is 11.6 Å². The zero-order valence-electron chi connectivity index (χ0n) is 9.85. The molecule has 0 fully saturated rings. The molecule has 0 aliphatic carbocycles. The van der Waals surface area contributed by atoms with Crippen molar-refractivity contribution in [3.8, 4) is 0 Å². The van der Waals surface area contributed by atoms with E-state index in [1.54, 1.807) is 4.68 Å². The highest BCUT2D eigenvalue weighted by Gasteiger charge is 2.19. The second kappa shape index (κ2) is 5.46. The SMILES string of the molecule is CCCn1nncc1C(O)c1cc(Cl)ccc1F. The Morgan fingerprint density at radius 1 is 1.50 bits per heavy atom. The Balaban J connectivity index is 2.38. The van der Waals surface area contributed by atoms with Gasteiger partial charge < -0.3 is 5.11 Å². The van der Waals surface area contributed by atoms with Crippen molar-refractivity contribution in [3.05, 3.63) is 46.5 Å². The predicted molar refractivity (Wildman–Crippen MR) is 65.8 cm³/mol. The van der Waals surface area contributed by atoms with Crippen molar-refractivity contribution in [2.75, 3.05) is 0 Å². The summed E-state index contributed by atoms with van der Waals surface area (Å²) in [6.45, 7) is 2.60. The number of hydrogen-bond donors (Lipinski definition) is 1. The van der Waals surface area contributed by atoms with Gasteiger partial charge in [0.25, 0.3) is 0 Å². The van der Waals surface area contributed by atoms with Crippen molar-refractivity contribution in [3.63, 3.8) is 0 Å².